The summed E-state index contributed by atoms with van der Waals surface area (Å²) in [4.78, 5) is 12.3. The molecule has 2 rings (SSSR count). The van der Waals surface area contributed by atoms with Crippen LogP contribution in [0.5, 0.6) is 11.5 Å². The molecular weight excluding hydrogens is 399 g/mol. The number of nitrogens with one attached hydrogen (secondary N) is 1. The third-order valence-electron chi connectivity index (χ3n) is 4.14. The molecule has 7 nitrogen and oxygen atoms in total. The van der Waals surface area contributed by atoms with Gasteiger partial charge in [-0.05, 0) is 49.2 Å². The molecule has 0 heterocycles. The molecule has 29 heavy (non-hydrogen) atoms. The lowest BCUT2D eigenvalue weighted by molar-refractivity contribution is -0.116. The maximum absolute atomic E-state index is 13.7. The molecular formula is C20H25FN2O5S. The number of sulfonamides is 1. The molecule has 0 aromatic heterocycles. The average molecular weight is 424 g/mol. The summed E-state index contributed by atoms with van der Waals surface area (Å²) in [6.07, 6.45) is 0.432. The fraction of sp³-hybridized carbons (Fsp3) is 0.350. The van der Waals surface area contributed by atoms with Crippen LogP contribution in [0.15, 0.2) is 41.3 Å². The highest BCUT2D eigenvalue weighted by molar-refractivity contribution is 7.89. The second kappa shape index (κ2) is 9.71. The third-order valence-corrected chi connectivity index (χ3v) is 5.98. The van der Waals surface area contributed by atoms with Gasteiger partial charge in [0.1, 0.15) is 10.6 Å². The summed E-state index contributed by atoms with van der Waals surface area (Å²) in [5, 5.41) is 2.67. The van der Waals surface area contributed by atoms with Crippen LogP contribution in [0.4, 0.5) is 10.1 Å². The minimum atomic E-state index is -3.75. The Balaban J connectivity index is 2.13. The second-order valence-corrected chi connectivity index (χ2v) is 8.52. The minimum Gasteiger partial charge on any atom is -0.494 e. The van der Waals surface area contributed by atoms with Gasteiger partial charge in [0.05, 0.1) is 13.7 Å². The quantitative estimate of drug-likeness (QED) is 0.669. The Morgan fingerprint density at radius 2 is 1.83 bits per heavy atom. The molecule has 0 radical (unpaired) electrons. The third kappa shape index (κ3) is 5.68. The first-order chi connectivity index (χ1) is 13.7. The maximum Gasteiger partial charge on any atom is 0.246 e. The topological polar surface area (TPSA) is 84.9 Å². The van der Waals surface area contributed by atoms with Crippen molar-refractivity contribution in [2.45, 2.75) is 24.7 Å². The van der Waals surface area contributed by atoms with Crippen molar-refractivity contribution in [1.29, 1.82) is 0 Å². The highest BCUT2D eigenvalue weighted by Crippen LogP contribution is 2.29. The number of rotatable bonds is 9. The van der Waals surface area contributed by atoms with E-state index in [1.807, 2.05) is 0 Å². The lowest BCUT2D eigenvalue weighted by atomic mass is 10.1. The van der Waals surface area contributed by atoms with E-state index in [1.54, 1.807) is 19.1 Å². The summed E-state index contributed by atoms with van der Waals surface area (Å²) in [6, 6.07) is 8.97. The molecule has 0 saturated carbocycles. The second-order valence-electron chi connectivity index (χ2n) is 6.40. The largest absolute Gasteiger partial charge is 0.494 e. The molecule has 0 aliphatic heterocycles. The van der Waals surface area contributed by atoms with Crippen molar-refractivity contribution in [3.8, 4) is 11.5 Å². The van der Waals surface area contributed by atoms with Crippen LogP contribution < -0.4 is 14.8 Å². The molecule has 0 fully saturated rings. The summed E-state index contributed by atoms with van der Waals surface area (Å²) < 4.78 is 50.2. The highest BCUT2D eigenvalue weighted by Gasteiger charge is 2.23. The zero-order chi connectivity index (χ0) is 21.6. The van der Waals surface area contributed by atoms with Crippen LogP contribution in [0, 0.1) is 5.82 Å². The number of hydrogen-bond acceptors (Lipinski definition) is 5. The predicted octanol–water partition coefficient (Wildman–Crippen LogP) is 3.05. The van der Waals surface area contributed by atoms with Crippen LogP contribution in [-0.4, -0.2) is 46.4 Å². The number of carbonyl (C=O) groups excluding carboxylic acids is 1. The molecule has 0 saturated heterocycles. The van der Waals surface area contributed by atoms with Gasteiger partial charge >= 0.3 is 0 Å². The van der Waals surface area contributed by atoms with E-state index in [-0.39, 0.29) is 28.7 Å². The van der Waals surface area contributed by atoms with Gasteiger partial charge in [0, 0.05) is 26.2 Å². The van der Waals surface area contributed by atoms with Crippen molar-refractivity contribution in [3.05, 3.63) is 47.8 Å². The van der Waals surface area contributed by atoms with E-state index in [9.17, 15) is 17.6 Å². The van der Waals surface area contributed by atoms with Crippen LogP contribution in [0.1, 0.15) is 18.9 Å². The van der Waals surface area contributed by atoms with Crippen molar-refractivity contribution in [3.63, 3.8) is 0 Å². The van der Waals surface area contributed by atoms with E-state index >= 15 is 0 Å². The smallest absolute Gasteiger partial charge is 0.246 e. The molecule has 0 aliphatic rings. The number of amides is 1. The maximum atomic E-state index is 13.7. The Labute approximate surface area is 170 Å². The fourth-order valence-electron chi connectivity index (χ4n) is 2.61. The Bertz CT molecular complexity index is 977. The standard InChI is InChI=1S/C20H25FN2O5S/c1-5-28-18-10-8-15(13-19(18)29(25,26)23(2)3)22-20(24)11-7-14-6-9-17(27-4)16(21)12-14/h6,8-10,12-13H,5,7,11H2,1-4H3,(H,22,24). The first kappa shape index (κ1) is 22.6. The summed E-state index contributed by atoms with van der Waals surface area (Å²) in [7, 11) is 0.473. The van der Waals surface area contributed by atoms with Crippen molar-refractivity contribution in [1.82, 2.24) is 4.31 Å². The monoisotopic (exact) mass is 424 g/mol. The number of anilines is 1. The van der Waals surface area contributed by atoms with E-state index in [2.05, 4.69) is 5.32 Å². The molecule has 0 spiro atoms. The number of hydrogen-bond donors (Lipinski definition) is 1. The first-order valence-electron chi connectivity index (χ1n) is 9.00. The van der Waals surface area contributed by atoms with Gasteiger partial charge in [-0.15, -0.1) is 0 Å². The molecule has 0 bridgehead atoms. The van der Waals surface area contributed by atoms with Gasteiger partial charge < -0.3 is 14.8 Å². The van der Waals surface area contributed by atoms with Crippen LogP contribution in [0.2, 0.25) is 0 Å². The molecule has 0 aliphatic carbocycles. The zero-order valence-corrected chi connectivity index (χ0v) is 17.7. The van der Waals surface area contributed by atoms with Crippen LogP contribution >= 0.6 is 0 Å². The van der Waals surface area contributed by atoms with Crippen molar-refractivity contribution < 1.29 is 27.1 Å². The number of ether oxygens (including phenoxy) is 2. The molecule has 158 valence electrons. The summed E-state index contributed by atoms with van der Waals surface area (Å²) >= 11 is 0. The lowest BCUT2D eigenvalue weighted by Crippen LogP contribution is -2.23. The first-order valence-corrected chi connectivity index (χ1v) is 10.4. The zero-order valence-electron chi connectivity index (χ0n) is 16.9. The number of carbonyl (C=O) groups is 1. The van der Waals surface area contributed by atoms with Crippen LogP contribution in [0.3, 0.4) is 0 Å². The van der Waals surface area contributed by atoms with Crippen molar-refractivity contribution in [2.75, 3.05) is 33.1 Å². The van der Waals surface area contributed by atoms with Crippen LogP contribution in [0.25, 0.3) is 0 Å². The molecule has 2 aromatic rings. The van der Waals surface area contributed by atoms with Gasteiger partial charge in [-0.1, -0.05) is 6.07 Å². The predicted molar refractivity (Wildman–Crippen MR) is 108 cm³/mol. The molecule has 1 N–H and O–H groups in total. The SMILES string of the molecule is CCOc1ccc(NC(=O)CCc2ccc(OC)c(F)c2)cc1S(=O)(=O)N(C)C. The summed E-state index contributed by atoms with van der Waals surface area (Å²) in [5.41, 5.74) is 0.987. The molecule has 1 amide bonds. The highest BCUT2D eigenvalue weighted by atomic mass is 32.2. The van der Waals surface area contributed by atoms with Gasteiger partial charge in [0.2, 0.25) is 15.9 Å². The van der Waals surface area contributed by atoms with E-state index in [0.29, 0.717) is 24.3 Å². The van der Waals surface area contributed by atoms with Crippen molar-refractivity contribution in [2.24, 2.45) is 0 Å². The van der Waals surface area contributed by atoms with E-state index < -0.39 is 15.8 Å². The Hall–Kier alpha value is -2.65. The number of nitrogens with zero attached hydrogens (tertiary/aromatic N) is 1. The van der Waals surface area contributed by atoms with E-state index in [4.69, 9.17) is 9.47 Å². The van der Waals surface area contributed by atoms with Crippen molar-refractivity contribution >= 4 is 21.6 Å². The summed E-state index contributed by atoms with van der Waals surface area (Å²) in [6.45, 7) is 2.06. The van der Waals surface area contributed by atoms with Gasteiger partial charge in [-0.2, -0.15) is 0 Å². The normalized spacial score (nSPS) is 11.4. The van der Waals surface area contributed by atoms with Crippen LogP contribution in [-0.2, 0) is 21.2 Å². The molecule has 0 atom stereocenters. The van der Waals surface area contributed by atoms with Gasteiger partial charge in [-0.25, -0.2) is 17.1 Å². The van der Waals surface area contributed by atoms with E-state index in [0.717, 1.165) is 4.31 Å². The number of halogens is 1. The number of aryl methyl sites for hydroxylation is 1. The number of benzene rings is 2. The molecule has 0 unspecified atom stereocenters. The molecule has 9 heteroatoms. The number of methoxy groups -OCH3 is 1. The average Bonchev–Trinajstić information content (AvgIpc) is 2.67. The fourth-order valence-corrected chi connectivity index (χ4v) is 3.66. The lowest BCUT2D eigenvalue weighted by Gasteiger charge is -2.16. The Kier molecular flexibility index (Phi) is 7.58. The van der Waals surface area contributed by atoms with E-state index in [1.165, 1.54) is 45.5 Å². The van der Waals surface area contributed by atoms with Gasteiger partial charge in [0.15, 0.2) is 11.6 Å². The van der Waals surface area contributed by atoms with Gasteiger partial charge in [0.25, 0.3) is 0 Å². The summed E-state index contributed by atoms with van der Waals surface area (Å²) in [5.74, 6) is -0.454. The Morgan fingerprint density at radius 3 is 2.41 bits per heavy atom. The Morgan fingerprint density at radius 1 is 1.14 bits per heavy atom. The minimum absolute atomic E-state index is 0.0284. The molecule has 2 aromatic carbocycles. The van der Waals surface area contributed by atoms with Gasteiger partial charge in [-0.3, -0.25) is 4.79 Å².